The molecule has 1 heterocycles. The fourth-order valence-electron chi connectivity index (χ4n) is 2.97. The lowest BCUT2D eigenvalue weighted by Crippen LogP contribution is -2.44. The van der Waals surface area contributed by atoms with E-state index < -0.39 is 10.0 Å². The fraction of sp³-hybridized carbons (Fsp3) is 0.647. The smallest absolute Gasteiger partial charge is 0.240 e. The molecule has 0 amide bonds. The van der Waals surface area contributed by atoms with Crippen LogP contribution in [0.2, 0.25) is 0 Å². The quantitative estimate of drug-likeness (QED) is 0.703. The van der Waals surface area contributed by atoms with Crippen LogP contribution in [0.1, 0.15) is 31.4 Å². The van der Waals surface area contributed by atoms with Crippen LogP contribution in [0.25, 0.3) is 0 Å². The summed E-state index contributed by atoms with van der Waals surface area (Å²) in [7, 11) is -3.40. The van der Waals surface area contributed by atoms with Gasteiger partial charge in [-0.2, -0.15) is 0 Å². The molecule has 0 spiro atoms. The first kappa shape index (κ1) is 18.4. The average Bonchev–Trinajstić information content (AvgIpc) is 2.59. The number of aryl methyl sites for hydroxylation is 2. The fourth-order valence-corrected chi connectivity index (χ4v) is 4.10. The van der Waals surface area contributed by atoms with Crippen molar-refractivity contribution in [1.82, 2.24) is 14.9 Å². The SMILES string of the molecule is CCc1ccc(S(=O)(=O)NCCCN2CCNCC2)cc1CC. The molecule has 23 heavy (non-hydrogen) atoms. The zero-order valence-corrected chi connectivity index (χ0v) is 15.1. The zero-order valence-electron chi connectivity index (χ0n) is 14.3. The molecule has 1 aromatic carbocycles. The number of piperazine rings is 1. The molecule has 130 valence electrons. The highest BCUT2D eigenvalue weighted by Gasteiger charge is 2.15. The molecule has 0 aliphatic carbocycles. The number of sulfonamides is 1. The highest BCUT2D eigenvalue weighted by atomic mass is 32.2. The number of nitrogens with zero attached hydrogens (tertiary/aromatic N) is 1. The maximum absolute atomic E-state index is 12.4. The summed E-state index contributed by atoms with van der Waals surface area (Å²) in [4.78, 5) is 2.75. The van der Waals surface area contributed by atoms with Crippen molar-refractivity contribution in [3.8, 4) is 0 Å². The molecular formula is C17H29N3O2S. The van der Waals surface area contributed by atoms with Gasteiger partial charge in [0.1, 0.15) is 0 Å². The third kappa shape index (κ3) is 5.28. The van der Waals surface area contributed by atoms with Crippen LogP contribution in [0.3, 0.4) is 0 Å². The Kier molecular flexibility index (Phi) is 7.02. The summed E-state index contributed by atoms with van der Waals surface area (Å²) in [6, 6.07) is 5.47. The van der Waals surface area contributed by atoms with Crippen molar-refractivity contribution in [3.63, 3.8) is 0 Å². The first-order valence-corrected chi connectivity index (χ1v) is 10.1. The van der Waals surface area contributed by atoms with Crippen molar-refractivity contribution >= 4 is 10.0 Å². The Balaban J connectivity index is 1.88. The van der Waals surface area contributed by atoms with Crippen LogP contribution in [-0.2, 0) is 22.9 Å². The zero-order chi connectivity index (χ0) is 16.7. The predicted octanol–water partition coefficient (Wildman–Crippen LogP) is 1.39. The van der Waals surface area contributed by atoms with Gasteiger partial charge >= 0.3 is 0 Å². The molecule has 5 nitrogen and oxygen atoms in total. The Labute approximate surface area is 140 Å². The van der Waals surface area contributed by atoms with Crippen LogP contribution in [0.5, 0.6) is 0 Å². The predicted molar refractivity (Wildman–Crippen MR) is 94.3 cm³/mol. The van der Waals surface area contributed by atoms with E-state index in [0.29, 0.717) is 11.4 Å². The summed E-state index contributed by atoms with van der Waals surface area (Å²) in [5.41, 5.74) is 2.35. The molecule has 0 unspecified atom stereocenters. The maximum atomic E-state index is 12.4. The summed E-state index contributed by atoms with van der Waals surface area (Å²) in [6.07, 6.45) is 2.63. The number of hydrogen-bond acceptors (Lipinski definition) is 4. The highest BCUT2D eigenvalue weighted by Crippen LogP contribution is 2.17. The molecule has 1 aromatic rings. The molecule has 6 heteroatoms. The van der Waals surface area contributed by atoms with Gasteiger partial charge < -0.3 is 10.2 Å². The van der Waals surface area contributed by atoms with Crippen molar-refractivity contribution < 1.29 is 8.42 Å². The van der Waals surface area contributed by atoms with Crippen molar-refractivity contribution in [2.75, 3.05) is 39.3 Å². The second-order valence-electron chi connectivity index (χ2n) is 5.98. The van der Waals surface area contributed by atoms with Gasteiger partial charge in [-0.05, 0) is 49.1 Å². The Bertz CT molecular complexity index is 596. The summed E-state index contributed by atoms with van der Waals surface area (Å²) in [5, 5.41) is 3.32. The minimum atomic E-state index is -3.40. The number of hydrogen-bond donors (Lipinski definition) is 2. The van der Waals surface area contributed by atoms with E-state index in [1.807, 2.05) is 12.1 Å². The standard InChI is InChI=1S/C17H29N3O2S/c1-3-15-6-7-17(14-16(15)4-2)23(21,22)19-8-5-11-20-12-9-18-10-13-20/h6-7,14,18-19H,3-5,8-13H2,1-2H3. The molecule has 0 bridgehead atoms. The van der Waals surface area contributed by atoms with Gasteiger partial charge in [-0.1, -0.05) is 19.9 Å². The Morgan fingerprint density at radius 1 is 1.13 bits per heavy atom. The van der Waals surface area contributed by atoms with Crippen molar-refractivity contribution in [3.05, 3.63) is 29.3 Å². The molecule has 1 aliphatic rings. The second kappa shape index (κ2) is 8.78. The molecule has 2 rings (SSSR count). The van der Waals surface area contributed by atoms with Crippen molar-refractivity contribution in [2.24, 2.45) is 0 Å². The van der Waals surface area contributed by atoms with Gasteiger partial charge in [-0.3, -0.25) is 0 Å². The molecule has 0 saturated carbocycles. The van der Waals surface area contributed by atoms with Gasteiger partial charge in [0.2, 0.25) is 10.0 Å². The highest BCUT2D eigenvalue weighted by molar-refractivity contribution is 7.89. The molecule has 2 N–H and O–H groups in total. The van der Waals surface area contributed by atoms with E-state index in [1.54, 1.807) is 6.07 Å². The van der Waals surface area contributed by atoms with Gasteiger partial charge in [0.25, 0.3) is 0 Å². The molecule has 0 radical (unpaired) electrons. The van der Waals surface area contributed by atoms with Gasteiger partial charge in [0.05, 0.1) is 4.90 Å². The lowest BCUT2D eigenvalue weighted by molar-refractivity contribution is 0.239. The van der Waals surface area contributed by atoms with Gasteiger partial charge in [0.15, 0.2) is 0 Å². The Morgan fingerprint density at radius 2 is 1.83 bits per heavy atom. The molecule has 1 saturated heterocycles. The van der Waals surface area contributed by atoms with Crippen LogP contribution in [0.4, 0.5) is 0 Å². The van der Waals surface area contributed by atoms with Crippen LogP contribution >= 0.6 is 0 Å². The van der Waals surface area contributed by atoms with Crippen LogP contribution in [0, 0.1) is 0 Å². The summed E-state index contributed by atoms with van der Waals surface area (Å²) < 4.78 is 27.6. The summed E-state index contributed by atoms with van der Waals surface area (Å²) in [6.45, 7) is 9.73. The first-order chi connectivity index (χ1) is 11.1. The van der Waals surface area contributed by atoms with E-state index in [9.17, 15) is 8.42 Å². The van der Waals surface area contributed by atoms with E-state index in [1.165, 1.54) is 5.56 Å². The minimum Gasteiger partial charge on any atom is -0.314 e. The molecule has 1 fully saturated rings. The van der Waals surface area contributed by atoms with Gasteiger partial charge in [-0.15, -0.1) is 0 Å². The molecule has 1 aliphatic heterocycles. The topological polar surface area (TPSA) is 61.4 Å². The van der Waals surface area contributed by atoms with E-state index in [-0.39, 0.29) is 0 Å². The molecule has 0 atom stereocenters. The first-order valence-electron chi connectivity index (χ1n) is 8.61. The average molecular weight is 340 g/mol. The Hall–Kier alpha value is -0.950. The Morgan fingerprint density at radius 3 is 2.48 bits per heavy atom. The van der Waals surface area contributed by atoms with Crippen LogP contribution in [0.15, 0.2) is 23.1 Å². The number of nitrogens with one attached hydrogen (secondary N) is 2. The van der Waals surface area contributed by atoms with E-state index in [4.69, 9.17) is 0 Å². The van der Waals surface area contributed by atoms with Crippen molar-refractivity contribution in [1.29, 1.82) is 0 Å². The van der Waals surface area contributed by atoms with Gasteiger partial charge in [-0.25, -0.2) is 13.1 Å². The summed E-state index contributed by atoms with van der Waals surface area (Å²) >= 11 is 0. The lowest BCUT2D eigenvalue weighted by Gasteiger charge is -2.27. The van der Waals surface area contributed by atoms with Crippen LogP contribution in [-0.4, -0.2) is 52.6 Å². The van der Waals surface area contributed by atoms with E-state index in [2.05, 4.69) is 28.8 Å². The van der Waals surface area contributed by atoms with Gasteiger partial charge in [0, 0.05) is 32.7 Å². The number of benzene rings is 1. The normalized spacial score (nSPS) is 16.6. The van der Waals surface area contributed by atoms with E-state index >= 15 is 0 Å². The van der Waals surface area contributed by atoms with Crippen molar-refractivity contribution in [2.45, 2.75) is 38.0 Å². The number of rotatable bonds is 8. The lowest BCUT2D eigenvalue weighted by atomic mass is 10.0. The third-order valence-electron chi connectivity index (χ3n) is 4.40. The molecular weight excluding hydrogens is 310 g/mol. The largest absolute Gasteiger partial charge is 0.314 e. The van der Waals surface area contributed by atoms with Crippen LogP contribution < -0.4 is 10.0 Å². The third-order valence-corrected chi connectivity index (χ3v) is 5.86. The van der Waals surface area contributed by atoms with E-state index in [0.717, 1.165) is 57.5 Å². The summed E-state index contributed by atoms with van der Waals surface area (Å²) in [5.74, 6) is 0. The maximum Gasteiger partial charge on any atom is 0.240 e. The minimum absolute atomic E-state index is 0.383. The monoisotopic (exact) mass is 339 g/mol. The second-order valence-corrected chi connectivity index (χ2v) is 7.75. The molecule has 0 aromatic heterocycles.